The second-order valence-electron chi connectivity index (χ2n) is 4.39. The first kappa shape index (κ1) is 15.1. The van der Waals surface area contributed by atoms with E-state index in [9.17, 15) is 4.79 Å². The summed E-state index contributed by atoms with van der Waals surface area (Å²) in [6.07, 6.45) is 1.03. The predicted octanol–water partition coefficient (Wildman–Crippen LogP) is 4.93. The summed E-state index contributed by atoms with van der Waals surface area (Å²) in [5.74, 6) is 0.858. The quantitative estimate of drug-likeness (QED) is 0.713. The minimum atomic E-state index is 0.108. The summed E-state index contributed by atoms with van der Waals surface area (Å²) in [5, 5.41) is 0.661. The van der Waals surface area contributed by atoms with E-state index in [2.05, 4.69) is 15.9 Å². The van der Waals surface area contributed by atoms with Crippen molar-refractivity contribution in [3.63, 3.8) is 0 Å². The molecule has 4 heteroatoms. The molecule has 2 rings (SSSR count). The Hall–Kier alpha value is -1.32. The Morgan fingerprint density at radius 3 is 2.55 bits per heavy atom. The minimum absolute atomic E-state index is 0.108. The summed E-state index contributed by atoms with van der Waals surface area (Å²) in [6, 6.07) is 12.8. The maximum absolute atomic E-state index is 12.1. The average Bonchev–Trinajstić information content (AvgIpc) is 2.47. The van der Waals surface area contributed by atoms with Gasteiger partial charge in [-0.1, -0.05) is 39.7 Å². The van der Waals surface area contributed by atoms with Gasteiger partial charge in [-0.05, 0) is 42.3 Å². The molecule has 0 saturated heterocycles. The van der Waals surface area contributed by atoms with Crippen LogP contribution in [0, 0.1) is 0 Å². The Bertz CT molecular complexity index is 608. The molecule has 0 radical (unpaired) electrons. The minimum Gasteiger partial charge on any atom is -0.497 e. The molecule has 0 fully saturated rings. The van der Waals surface area contributed by atoms with Gasteiger partial charge in [-0.25, -0.2) is 0 Å². The number of hydrogen-bond acceptors (Lipinski definition) is 2. The van der Waals surface area contributed by atoms with E-state index in [1.54, 1.807) is 13.2 Å². The Morgan fingerprint density at radius 2 is 1.90 bits per heavy atom. The fraction of sp³-hybridized carbons (Fsp3) is 0.188. The highest BCUT2D eigenvalue weighted by Crippen LogP contribution is 2.23. The number of aryl methyl sites for hydroxylation is 1. The molecule has 2 aromatic rings. The number of benzene rings is 2. The maximum Gasteiger partial charge on any atom is 0.163 e. The largest absolute Gasteiger partial charge is 0.497 e. The van der Waals surface area contributed by atoms with Gasteiger partial charge in [0.25, 0.3) is 0 Å². The third-order valence-electron chi connectivity index (χ3n) is 3.04. The smallest absolute Gasteiger partial charge is 0.163 e. The first-order chi connectivity index (χ1) is 9.60. The van der Waals surface area contributed by atoms with Gasteiger partial charge >= 0.3 is 0 Å². The van der Waals surface area contributed by atoms with Crippen molar-refractivity contribution in [3.8, 4) is 5.75 Å². The van der Waals surface area contributed by atoms with Gasteiger partial charge in [0.2, 0.25) is 0 Å². The molecule has 0 aliphatic heterocycles. The van der Waals surface area contributed by atoms with E-state index in [1.165, 1.54) is 0 Å². The van der Waals surface area contributed by atoms with E-state index in [-0.39, 0.29) is 5.78 Å². The van der Waals surface area contributed by atoms with Crippen LogP contribution in [0.1, 0.15) is 22.3 Å². The molecule has 104 valence electrons. The fourth-order valence-electron chi connectivity index (χ4n) is 1.90. The molecule has 2 aromatic carbocycles. The molecule has 0 heterocycles. The van der Waals surface area contributed by atoms with Crippen LogP contribution in [-0.2, 0) is 6.42 Å². The number of ketones is 1. The molecule has 0 aliphatic rings. The molecule has 0 atom stereocenters. The summed E-state index contributed by atoms with van der Waals surface area (Å²) >= 11 is 9.48. The number of carbonyl (C=O) groups is 1. The topological polar surface area (TPSA) is 26.3 Å². The van der Waals surface area contributed by atoms with E-state index in [4.69, 9.17) is 16.3 Å². The van der Waals surface area contributed by atoms with Gasteiger partial charge < -0.3 is 4.74 Å². The van der Waals surface area contributed by atoms with Crippen molar-refractivity contribution in [2.45, 2.75) is 12.8 Å². The Morgan fingerprint density at radius 1 is 1.20 bits per heavy atom. The zero-order valence-corrected chi connectivity index (χ0v) is 13.4. The molecule has 2 nitrogen and oxygen atoms in total. The summed E-state index contributed by atoms with van der Waals surface area (Å²) in [7, 11) is 1.61. The molecule has 20 heavy (non-hydrogen) atoms. The molecule has 0 N–H and O–H groups in total. The van der Waals surface area contributed by atoms with E-state index >= 15 is 0 Å². The lowest BCUT2D eigenvalue weighted by Crippen LogP contribution is -2.01. The van der Waals surface area contributed by atoms with Crippen LogP contribution in [0.15, 0.2) is 46.9 Å². The zero-order valence-electron chi connectivity index (χ0n) is 11.0. The van der Waals surface area contributed by atoms with Crippen molar-refractivity contribution in [2.75, 3.05) is 7.11 Å². The van der Waals surface area contributed by atoms with Crippen LogP contribution < -0.4 is 4.74 Å². The van der Waals surface area contributed by atoms with E-state index < -0.39 is 0 Å². The Balaban J connectivity index is 2.05. The molecule has 0 amide bonds. The number of halogens is 2. The average molecular weight is 354 g/mol. The summed E-state index contributed by atoms with van der Waals surface area (Å²) in [6.45, 7) is 0. The van der Waals surface area contributed by atoms with Crippen molar-refractivity contribution in [1.29, 1.82) is 0 Å². The highest BCUT2D eigenvalue weighted by Gasteiger charge is 2.09. The van der Waals surface area contributed by atoms with Gasteiger partial charge in [0, 0.05) is 21.5 Å². The normalized spacial score (nSPS) is 10.3. The SMILES string of the molecule is COc1ccc(Cl)c(CCC(=O)c2ccc(Br)cc2)c1. The second kappa shape index (κ2) is 6.91. The van der Waals surface area contributed by atoms with E-state index in [0.29, 0.717) is 23.4 Å². The lowest BCUT2D eigenvalue weighted by Gasteiger charge is -2.07. The lowest BCUT2D eigenvalue weighted by atomic mass is 10.0. The molecular weight excluding hydrogens is 340 g/mol. The molecule has 0 unspecified atom stereocenters. The highest BCUT2D eigenvalue weighted by atomic mass is 79.9. The molecule has 0 spiro atoms. The Labute approximate surface area is 131 Å². The number of hydrogen-bond donors (Lipinski definition) is 0. The van der Waals surface area contributed by atoms with Crippen molar-refractivity contribution in [2.24, 2.45) is 0 Å². The summed E-state index contributed by atoms with van der Waals surface area (Å²) in [5.41, 5.74) is 1.64. The van der Waals surface area contributed by atoms with Gasteiger partial charge in [-0.2, -0.15) is 0 Å². The second-order valence-corrected chi connectivity index (χ2v) is 5.71. The maximum atomic E-state index is 12.1. The summed E-state index contributed by atoms with van der Waals surface area (Å²) in [4.78, 5) is 12.1. The third kappa shape index (κ3) is 3.84. The lowest BCUT2D eigenvalue weighted by molar-refractivity contribution is 0.0983. The van der Waals surface area contributed by atoms with Crippen molar-refractivity contribution in [1.82, 2.24) is 0 Å². The molecule has 0 aromatic heterocycles. The van der Waals surface area contributed by atoms with Crippen LogP contribution >= 0.6 is 27.5 Å². The van der Waals surface area contributed by atoms with Crippen LogP contribution in [0.4, 0.5) is 0 Å². The van der Waals surface area contributed by atoms with Crippen molar-refractivity contribution >= 4 is 33.3 Å². The van der Waals surface area contributed by atoms with E-state index in [1.807, 2.05) is 36.4 Å². The standard InChI is InChI=1S/C16H14BrClO2/c1-20-14-7-8-15(18)12(10-14)4-9-16(19)11-2-5-13(17)6-3-11/h2-3,5-8,10H,4,9H2,1H3. The van der Waals surface area contributed by atoms with Crippen LogP contribution in [-0.4, -0.2) is 12.9 Å². The molecule has 0 aliphatic carbocycles. The first-order valence-electron chi connectivity index (χ1n) is 6.21. The highest BCUT2D eigenvalue weighted by molar-refractivity contribution is 9.10. The number of methoxy groups -OCH3 is 1. The molecule has 0 bridgehead atoms. The van der Waals surface area contributed by atoms with Crippen LogP contribution in [0.2, 0.25) is 5.02 Å². The monoisotopic (exact) mass is 352 g/mol. The number of rotatable bonds is 5. The number of carbonyl (C=O) groups excluding carboxylic acids is 1. The van der Waals surface area contributed by atoms with Gasteiger partial charge in [0.05, 0.1) is 7.11 Å². The fourth-order valence-corrected chi connectivity index (χ4v) is 2.37. The number of Topliss-reactive ketones (excluding diaryl/α,β-unsaturated/α-hetero) is 1. The van der Waals surface area contributed by atoms with Crippen LogP contribution in [0.25, 0.3) is 0 Å². The summed E-state index contributed by atoms with van der Waals surface area (Å²) < 4.78 is 6.13. The zero-order chi connectivity index (χ0) is 14.5. The van der Waals surface area contributed by atoms with Crippen molar-refractivity contribution in [3.05, 3.63) is 63.1 Å². The van der Waals surface area contributed by atoms with Gasteiger partial charge in [0.15, 0.2) is 5.78 Å². The molecular formula is C16H14BrClO2. The predicted molar refractivity (Wildman–Crippen MR) is 84.8 cm³/mol. The third-order valence-corrected chi connectivity index (χ3v) is 3.94. The molecule has 0 saturated carbocycles. The Kier molecular flexibility index (Phi) is 5.21. The van der Waals surface area contributed by atoms with Gasteiger partial charge in [0.1, 0.15) is 5.75 Å². The van der Waals surface area contributed by atoms with Crippen LogP contribution in [0.5, 0.6) is 5.75 Å². The van der Waals surface area contributed by atoms with Crippen LogP contribution in [0.3, 0.4) is 0 Å². The van der Waals surface area contributed by atoms with Gasteiger partial charge in [-0.3, -0.25) is 4.79 Å². The van der Waals surface area contributed by atoms with Gasteiger partial charge in [-0.15, -0.1) is 0 Å². The van der Waals surface area contributed by atoms with E-state index in [0.717, 1.165) is 15.8 Å². The number of ether oxygens (including phenoxy) is 1. The first-order valence-corrected chi connectivity index (χ1v) is 7.38. The van der Waals surface area contributed by atoms with Crippen molar-refractivity contribution < 1.29 is 9.53 Å².